The number of allylic oxidation sites excluding steroid dienone is 3. The number of hydrogen-bond acceptors (Lipinski definition) is 7. The van der Waals surface area contributed by atoms with E-state index in [4.69, 9.17) is 9.47 Å². The summed E-state index contributed by atoms with van der Waals surface area (Å²) in [5.41, 5.74) is 2.34. The Kier molecular flexibility index (Phi) is 8.91. The molecule has 33 heavy (non-hydrogen) atoms. The van der Waals surface area contributed by atoms with Crippen LogP contribution in [0.15, 0.2) is 52.9 Å². The zero-order valence-corrected chi connectivity index (χ0v) is 18.8. The standard InChI is InChI=1S/C24H30N4O5/c1-17(3-8-20(25-2)23(30)26-21-9-10-22(29)27-24(21)31)33-16-19-6-4-18(5-7-19)15-28-11-13-32-14-12-28/h3-8,21H,2,9-16H2,1H3,(H,26,30)(H,27,29,31)/b17-3+,20-8-. The second-order valence-corrected chi connectivity index (χ2v) is 7.96. The van der Waals surface area contributed by atoms with E-state index in [1.165, 1.54) is 11.6 Å². The number of morpholine rings is 1. The minimum Gasteiger partial charge on any atom is -0.494 e. The molecule has 0 saturated carbocycles. The molecular weight excluding hydrogens is 424 g/mol. The number of nitrogens with one attached hydrogen (secondary N) is 2. The highest BCUT2D eigenvalue weighted by Gasteiger charge is 2.28. The molecule has 2 fully saturated rings. The summed E-state index contributed by atoms with van der Waals surface area (Å²) in [5.74, 6) is -0.804. The number of nitrogens with zero attached hydrogens (tertiary/aromatic N) is 2. The Hall–Kier alpha value is -3.30. The third kappa shape index (κ3) is 7.65. The largest absolute Gasteiger partial charge is 0.494 e. The van der Waals surface area contributed by atoms with Gasteiger partial charge in [-0.3, -0.25) is 29.6 Å². The molecule has 1 unspecified atom stereocenters. The van der Waals surface area contributed by atoms with Crippen LogP contribution in [0.5, 0.6) is 0 Å². The molecule has 2 heterocycles. The zero-order valence-electron chi connectivity index (χ0n) is 18.8. The van der Waals surface area contributed by atoms with Gasteiger partial charge in [-0.1, -0.05) is 24.3 Å². The average Bonchev–Trinajstić information content (AvgIpc) is 2.81. The van der Waals surface area contributed by atoms with Crippen molar-refractivity contribution in [3.8, 4) is 0 Å². The van der Waals surface area contributed by atoms with Crippen LogP contribution in [0.1, 0.15) is 30.9 Å². The normalized spacial score (nSPS) is 20.2. The molecule has 0 radical (unpaired) electrons. The molecule has 3 rings (SSSR count). The maximum absolute atomic E-state index is 12.4. The molecule has 2 N–H and O–H groups in total. The van der Waals surface area contributed by atoms with Crippen molar-refractivity contribution in [2.45, 2.75) is 39.0 Å². The van der Waals surface area contributed by atoms with Crippen LogP contribution >= 0.6 is 0 Å². The lowest BCUT2D eigenvalue weighted by molar-refractivity contribution is -0.136. The third-order valence-corrected chi connectivity index (χ3v) is 5.42. The van der Waals surface area contributed by atoms with E-state index in [0.717, 1.165) is 38.4 Å². The van der Waals surface area contributed by atoms with Crippen LogP contribution in [0.2, 0.25) is 0 Å². The maximum Gasteiger partial charge on any atom is 0.270 e. The van der Waals surface area contributed by atoms with Crippen molar-refractivity contribution >= 4 is 24.4 Å². The van der Waals surface area contributed by atoms with E-state index < -0.39 is 17.9 Å². The highest BCUT2D eigenvalue weighted by Crippen LogP contribution is 2.12. The number of carbonyl (C=O) groups is 3. The van der Waals surface area contributed by atoms with E-state index in [-0.39, 0.29) is 24.4 Å². The molecule has 2 saturated heterocycles. The van der Waals surface area contributed by atoms with Crippen LogP contribution in [-0.4, -0.2) is 61.7 Å². The topological polar surface area (TPSA) is 109 Å². The van der Waals surface area contributed by atoms with Crippen molar-refractivity contribution < 1.29 is 23.9 Å². The quantitative estimate of drug-likeness (QED) is 0.192. The first-order valence-corrected chi connectivity index (χ1v) is 10.9. The second kappa shape index (κ2) is 12.1. The minimum absolute atomic E-state index is 0.0510. The van der Waals surface area contributed by atoms with E-state index in [0.29, 0.717) is 12.4 Å². The van der Waals surface area contributed by atoms with Crippen LogP contribution in [0, 0.1) is 0 Å². The molecule has 1 aromatic carbocycles. The summed E-state index contributed by atoms with van der Waals surface area (Å²) in [7, 11) is 0. The second-order valence-electron chi connectivity index (χ2n) is 7.96. The fraction of sp³-hybridized carbons (Fsp3) is 0.417. The highest BCUT2D eigenvalue weighted by molar-refractivity contribution is 6.03. The Morgan fingerprint density at radius 3 is 2.61 bits per heavy atom. The van der Waals surface area contributed by atoms with Gasteiger partial charge in [-0.25, -0.2) is 0 Å². The van der Waals surface area contributed by atoms with Crippen molar-refractivity contribution in [2.24, 2.45) is 4.99 Å². The zero-order chi connectivity index (χ0) is 23.6. The number of rotatable bonds is 9. The van der Waals surface area contributed by atoms with Crippen molar-refractivity contribution in [1.82, 2.24) is 15.5 Å². The predicted octanol–water partition coefficient (Wildman–Crippen LogP) is 1.45. The first kappa shape index (κ1) is 24.3. The van der Waals surface area contributed by atoms with Gasteiger partial charge in [0, 0.05) is 26.1 Å². The van der Waals surface area contributed by atoms with Gasteiger partial charge in [-0.15, -0.1) is 0 Å². The van der Waals surface area contributed by atoms with Crippen molar-refractivity contribution in [3.05, 3.63) is 59.0 Å². The molecule has 3 amide bonds. The van der Waals surface area contributed by atoms with Crippen LogP contribution in [-0.2, 0) is 37.0 Å². The van der Waals surface area contributed by atoms with Gasteiger partial charge in [0.25, 0.3) is 5.91 Å². The number of aliphatic imine (C=N–C) groups is 1. The molecule has 9 nitrogen and oxygen atoms in total. The summed E-state index contributed by atoms with van der Waals surface area (Å²) in [5, 5.41) is 4.77. The molecule has 0 bridgehead atoms. The molecule has 2 aliphatic heterocycles. The average molecular weight is 455 g/mol. The number of carbonyl (C=O) groups excluding carboxylic acids is 3. The lowest BCUT2D eigenvalue weighted by atomic mass is 10.1. The van der Waals surface area contributed by atoms with Gasteiger partial charge >= 0.3 is 0 Å². The number of piperidine rings is 1. The summed E-state index contributed by atoms with van der Waals surface area (Å²) in [6.07, 6.45) is 3.54. The maximum atomic E-state index is 12.4. The minimum atomic E-state index is -0.770. The van der Waals surface area contributed by atoms with Crippen LogP contribution in [0.3, 0.4) is 0 Å². The third-order valence-electron chi connectivity index (χ3n) is 5.42. The lowest BCUT2D eigenvalue weighted by Gasteiger charge is -2.26. The van der Waals surface area contributed by atoms with Crippen molar-refractivity contribution in [1.29, 1.82) is 0 Å². The van der Waals surface area contributed by atoms with Crippen LogP contribution < -0.4 is 10.6 Å². The highest BCUT2D eigenvalue weighted by atomic mass is 16.5. The number of imide groups is 1. The first-order chi connectivity index (χ1) is 15.9. The summed E-state index contributed by atoms with van der Waals surface area (Å²) in [4.78, 5) is 41.5. The Morgan fingerprint density at radius 1 is 1.24 bits per heavy atom. The molecule has 0 spiro atoms. The molecule has 2 aliphatic rings. The fourth-order valence-electron chi connectivity index (χ4n) is 3.46. The van der Waals surface area contributed by atoms with Gasteiger partial charge in [0.2, 0.25) is 11.8 Å². The molecule has 176 valence electrons. The van der Waals surface area contributed by atoms with Crippen LogP contribution in [0.4, 0.5) is 0 Å². The lowest BCUT2D eigenvalue weighted by Crippen LogP contribution is -2.52. The van der Waals surface area contributed by atoms with Crippen molar-refractivity contribution in [2.75, 3.05) is 26.3 Å². The molecular formula is C24H30N4O5. The summed E-state index contributed by atoms with van der Waals surface area (Å²) >= 11 is 0. The summed E-state index contributed by atoms with van der Waals surface area (Å²) < 4.78 is 11.1. The first-order valence-electron chi connectivity index (χ1n) is 10.9. The molecule has 0 aliphatic carbocycles. The van der Waals surface area contributed by atoms with Gasteiger partial charge in [0.05, 0.1) is 19.0 Å². The van der Waals surface area contributed by atoms with E-state index in [1.807, 2.05) is 12.1 Å². The van der Waals surface area contributed by atoms with Gasteiger partial charge < -0.3 is 14.8 Å². The molecule has 9 heteroatoms. The number of hydrogen-bond donors (Lipinski definition) is 2. The van der Waals surface area contributed by atoms with Gasteiger partial charge in [0.15, 0.2) is 0 Å². The predicted molar refractivity (Wildman–Crippen MR) is 123 cm³/mol. The van der Waals surface area contributed by atoms with E-state index in [9.17, 15) is 14.4 Å². The number of benzene rings is 1. The van der Waals surface area contributed by atoms with Gasteiger partial charge in [-0.2, -0.15) is 0 Å². The summed E-state index contributed by atoms with van der Waals surface area (Å²) in [6, 6.07) is 7.53. The Bertz CT molecular complexity index is 933. The summed E-state index contributed by atoms with van der Waals surface area (Å²) in [6.45, 7) is 9.98. The van der Waals surface area contributed by atoms with E-state index >= 15 is 0 Å². The Morgan fingerprint density at radius 2 is 1.94 bits per heavy atom. The Balaban J connectivity index is 1.48. The molecule has 1 aromatic rings. The SMILES string of the molecule is C=N/C(=C\C=C(/C)OCc1ccc(CN2CCOCC2)cc1)C(=O)NC1CCC(=O)NC1=O. The van der Waals surface area contributed by atoms with E-state index in [1.54, 1.807) is 13.0 Å². The van der Waals surface area contributed by atoms with Gasteiger partial charge in [0.1, 0.15) is 18.3 Å². The van der Waals surface area contributed by atoms with Crippen LogP contribution in [0.25, 0.3) is 0 Å². The smallest absolute Gasteiger partial charge is 0.270 e. The Labute approximate surface area is 193 Å². The fourth-order valence-corrected chi connectivity index (χ4v) is 3.46. The number of amides is 3. The molecule has 0 aromatic heterocycles. The van der Waals surface area contributed by atoms with Gasteiger partial charge in [-0.05, 0) is 43.3 Å². The van der Waals surface area contributed by atoms with E-state index in [2.05, 4.69) is 39.4 Å². The van der Waals surface area contributed by atoms with Crippen molar-refractivity contribution in [3.63, 3.8) is 0 Å². The molecule has 1 atom stereocenters. The monoisotopic (exact) mass is 454 g/mol. The number of ether oxygens (including phenoxy) is 2.